The number of benzene rings is 1. The van der Waals surface area contributed by atoms with E-state index in [0.29, 0.717) is 5.69 Å². The van der Waals surface area contributed by atoms with Gasteiger partial charge in [-0.1, -0.05) is 17.7 Å². The number of alkyl halides is 3. The number of aromatic nitrogens is 2. The van der Waals surface area contributed by atoms with Gasteiger partial charge in [0.15, 0.2) is 6.61 Å². The zero-order valence-electron chi connectivity index (χ0n) is 13.1. The zero-order chi connectivity index (χ0) is 18.8. The largest absolute Gasteiger partial charge is 0.452 e. The molecule has 1 N–H and O–H groups in total. The van der Waals surface area contributed by atoms with Crippen LogP contribution < -0.4 is 5.32 Å². The van der Waals surface area contributed by atoms with E-state index in [1.54, 1.807) is 6.92 Å². The molecule has 134 valence electrons. The Hall–Kier alpha value is -2.55. The second-order valence-corrected chi connectivity index (χ2v) is 5.44. The Morgan fingerprint density at radius 2 is 2.04 bits per heavy atom. The summed E-state index contributed by atoms with van der Waals surface area (Å²) in [7, 11) is 1.53. The van der Waals surface area contributed by atoms with Gasteiger partial charge in [0, 0.05) is 12.7 Å². The minimum Gasteiger partial charge on any atom is -0.452 e. The number of anilines is 1. The normalized spacial score (nSPS) is 11.3. The molecule has 0 spiro atoms. The van der Waals surface area contributed by atoms with Crippen molar-refractivity contribution in [3.8, 4) is 0 Å². The first-order valence-corrected chi connectivity index (χ1v) is 7.30. The van der Waals surface area contributed by atoms with Crippen molar-refractivity contribution >= 4 is 29.2 Å². The average molecular weight is 376 g/mol. The highest BCUT2D eigenvalue weighted by Gasteiger charge is 2.30. The van der Waals surface area contributed by atoms with Crippen LogP contribution in [0.1, 0.15) is 21.6 Å². The van der Waals surface area contributed by atoms with Gasteiger partial charge in [-0.3, -0.25) is 9.48 Å². The Kier molecular flexibility index (Phi) is 5.36. The van der Waals surface area contributed by atoms with Crippen molar-refractivity contribution in [1.82, 2.24) is 9.78 Å². The minimum atomic E-state index is -4.53. The van der Waals surface area contributed by atoms with Gasteiger partial charge < -0.3 is 10.1 Å². The molecule has 0 saturated carbocycles. The summed E-state index contributed by atoms with van der Waals surface area (Å²) in [5, 5.41) is 6.22. The lowest BCUT2D eigenvalue weighted by atomic mass is 10.2. The molecule has 10 heteroatoms. The zero-order valence-corrected chi connectivity index (χ0v) is 13.9. The van der Waals surface area contributed by atoms with Gasteiger partial charge >= 0.3 is 12.1 Å². The Morgan fingerprint density at radius 3 is 2.60 bits per heavy atom. The molecule has 1 aromatic carbocycles. The van der Waals surface area contributed by atoms with Gasteiger partial charge in [-0.2, -0.15) is 18.3 Å². The molecule has 0 atom stereocenters. The predicted molar refractivity (Wildman–Crippen MR) is 83.3 cm³/mol. The number of ether oxygens (including phenoxy) is 1. The van der Waals surface area contributed by atoms with Crippen LogP contribution in [0.5, 0.6) is 0 Å². The summed E-state index contributed by atoms with van der Waals surface area (Å²) >= 11 is 5.91. The second kappa shape index (κ2) is 7.14. The Labute approximate surface area is 145 Å². The minimum absolute atomic E-state index is 0.0241. The molecular weight excluding hydrogens is 363 g/mol. The molecule has 0 aliphatic carbocycles. The van der Waals surface area contributed by atoms with Crippen LogP contribution in [-0.2, 0) is 22.8 Å². The summed E-state index contributed by atoms with van der Waals surface area (Å²) in [5.41, 5.74) is -0.613. The summed E-state index contributed by atoms with van der Waals surface area (Å²) in [6, 6.07) is 4.10. The van der Waals surface area contributed by atoms with Crippen molar-refractivity contribution in [2.24, 2.45) is 7.05 Å². The topological polar surface area (TPSA) is 73.2 Å². The molecule has 0 bridgehead atoms. The van der Waals surface area contributed by atoms with Gasteiger partial charge in [0.25, 0.3) is 5.91 Å². The van der Waals surface area contributed by atoms with E-state index in [-0.39, 0.29) is 16.4 Å². The van der Waals surface area contributed by atoms with Crippen molar-refractivity contribution in [1.29, 1.82) is 0 Å². The third kappa shape index (κ3) is 4.50. The van der Waals surface area contributed by atoms with Crippen LogP contribution in [0.3, 0.4) is 0 Å². The number of esters is 1. The first-order valence-electron chi connectivity index (χ1n) is 6.93. The fourth-order valence-corrected chi connectivity index (χ4v) is 2.29. The number of hydrogen-bond acceptors (Lipinski definition) is 4. The molecule has 0 aliphatic heterocycles. The van der Waals surface area contributed by atoms with Gasteiger partial charge in [-0.25, -0.2) is 4.79 Å². The summed E-state index contributed by atoms with van der Waals surface area (Å²) in [6.45, 7) is 0.866. The number of aryl methyl sites for hydroxylation is 2. The highest BCUT2D eigenvalue weighted by Crippen LogP contribution is 2.30. The second-order valence-electron chi connectivity index (χ2n) is 5.08. The van der Waals surface area contributed by atoms with E-state index in [1.165, 1.54) is 17.8 Å². The maximum atomic E-state index is 12.6. The first-order chi connectivity index (χ1) is 11.6. The number of nitrogens with one attached hydrogen (secondary N) is 1. The van der Waals surface area contributed by atoms with Crippen LogP contribution in [0.4, 0.5) is 18.9 Å². The van der Waals surface area contributed by atoms with Gasteiger partial charge in [0.1, 0.15) is 10.7 Å². The number of nitrogens with zero attached hydrogens (tertiary/aromatic N) is 2. The van der Waals surface area contributed by atoms with Crippen LogP contribution in [0.15, 0.2) is 24.3 Å². The lowest BCUT2D eigenvalue weighted by Crippen LogP contribution is -2.21. The number of rotatable bonds is 4. The molecule has 0 unspecified atom stereocenters. The van der Waals surface area contributed by atoms with Crippen molar-refractivity contribution < 1.29 is 27.5 Å². The third-order valence-corrected chi connectivity index (χ3v) is 3.60. The number of hydrogen-bond donors (Lipinski definition) is 1. The summed E-state index contributed by atoms with van der Waals surface area (Å²) < 4.78 is 44.0. The maximum absolute atomic E-state index is 12.6. The lowest BCUT2D eigenvalue weighted by molar-refractivity contribution is -0.137. The highest BCUT2D eigenvalue weighted by atomic mass is 35.5. The quantitative estimate of drug-likeness (QED) is 0.833. The first kappa shape index (κ1) is 18.8. The van der Waals surface area contributed by atoms with Crippen LogP contribution in [0, 0.1) is 6.92 Å². The van der Waals surface area contributed by atoms with E-state index in [4.69, 9.17) is 16.3 Å². The standard InChI is InChI=1S/C15H13ClF3N3O3/c1-8-12(13(16)22(2)21-8)14(24)25-7-11(23)20-10-5-3-4-9(6-10)15(17,18)19/h3-6H,7H2,1-2H3,(H,20,23). The highest BCUT2D eigenvalue weighted by molar-refractivity contribution is 6.32. The molecule has 1 amide bonds. The van der Waals surface area contributed by atoms with Gasteiger partial charge in [0.05, 0.1) is 11.3 Å². The van der Waals surface area contributed by atoms with Crippen LogP contribution >= 0.6 is 11.6 Å². The van der Waals surface area contributed by atoms with Crippen molar-refractivity contribution in [3.05, 3.63) is 46.2 Å². The maximum Gasteiger partial charge on any atom is 0.416 e. The Balaban J connectivity index is 1.98. The molecule has 0 radical (unpaired) electrons. The SMILES string of the molecule is Cc1nn(C)c(Cl)c1C(=O)OCC(=O)Nc1cccc(C(F)(F)F)c1. The molecule has 6 nitrogen and oxygen atoms in total. The molecule has 2 rings (SSSR count). The van der Waals surface area contributed by atoms with Gasteiger partial charge in [-0.15, -0.1) is 0 Å². The molecule has 2 aromatic rings. The van der Waals surface area contributed by atoms with Crippen molar-refractivity contribution in [3.63, 3.8) is 0 Å². The summed E-state index contributed by atoms with van der Waals surface area (Å²) in [6.07, 6.45) is -4.53. The molecule has 1 heterocycles. The van der Waals surface area contributed by atoms with E-state index in [0.717, 1.165) is 18.2 Å². The van der Waals surface area contributed by atoms with E-state index in [1.807, 2.05) is 0 Å². The molecule has 0 aliphatic rings. The summed E-state index contributed by atoms with van der Waals surface area (Å²) in [5.74, 6) is -1.64. The van der Waals surface area contributed by atoms with E-state index in [2.05, 4.69) is 10.4 Å². The predicted octanol–water partition coefficient (Wildman–Crippen LogP) is 3.20. The molecule has 0 saturated heterocycles. The molecule has 25 heavy (non-hydrogen) atoms. The van der Waals surface area contributed by atoms with E-state index in [9.17, 15) is 22.8 Å². The molecular formula is C15H13ClF3N3O3. The lowest BCUT2D eigenvalue weighted by Gasteiger charge is -2.10. The van der Waals surface area contributed by atoms with Gasteiger partial charge in [0.2, 0.25) is 0 Å². The summed E-state index contributed by atoms with van der Waals surface area (Å²) in [4.78, 5) is 23.7. The number of carbonyl (C=O) groups is 2. The monoisotopic (exact) mass is 375 g/mol. The number of carbonyl (C=O) groups excluding carboxylic acids is 2. The van der Waals surface area contributed by atoms with E-state index < -0.39 is 30.2 Å². The van der Waals surface area contributed by atoms with Crippen LogP contribution in [-0.4, -0.2) is 28.3 Å². The van der Waals surface area contributed by atoms with Crippen LogP contribution in [0.25, 0.3) is 0 Å². The molecule has 1 aromatic heterocycles. The average Bonchev–Trinajstić information content (AvgIpc) is 2.77. The smallest absolute Gasteiger partial charge is 0.416 e. The molecule has 0 fully saturated rings. The van der Waals surface area contributed by atoms with Crippen molar-refractivity contribution in [2.45, 2.75) is 13.1 Å². The van der Waals surface area contributed by atoms with E-state index >= 15 is 0 Å². The fraction of sp³-hybridized carbons (Fsp3) is 0.267. The van der Waals surface area contributed by atoms with Crippen molar-refractivity contribution in [2.75, 3.05) is 11.9 Å². The Morgan fingerprint density at radius 1 is 1.36 bits per heavy atom. The third-order valence-electron chi connectivity index (χ3n) is 3.16. The van der Waals surface area contributed by atoms with Gasteiger partial charge in [-0.05, 0) is 25.1 Å². The van der Waals surface area contributed by atoms with Crippen LogP contribution in [0.2, 0.25) is 5.15 Å². The Bertz CT molecular complexity index is 818. The number of amides is 1. The fourth-order valence-electron chi connectivity index (χ4n) is 2.04. The number of halogens is 4.